The first-order valence-electron chi connectivity index (χ1n) is 13.3. The topological polar surface area (TPSA) is 109 Å². The maximum absolute atomic E-state index is 15.1. The van der Waals surface area contributed by atoms with E-state index in [1.165, 1.54) is 47.7 Å². The van der Waals surface area contributed by atoms with Gasteiger partial charge < -0.3 is 20.7 Å². The van der Waals surface area contributed by atoms with Crippen molar-refractivity contribution in [3.63, 3.8) is 0 Å². The normalized spacial score (nSPS) is 13.3. The molecule has 2 heterocycles. The maximum Gasteiger partial charge on any atom is 0.251 e. The zero-order chi connectivity index (χ0) is 30.1. The number of hydrogen-bond acceptors (Lipinski definition) is 6. The molecule has 2 aromatic heterocycles. The molecule has 1 aliphatic rings. The molecule has 0 aliphatic heterocycles. The molecule has 5 aromatic rings. The summed E-state index contributed by atoms with van der Waals surface area (Å²) in [6.45, 7) is 0. The van der Waals surface area contributed by atoms with E-state index in [9.17, 15) is 18.8 Å². The first-order valence-corrected chi connectivity index (χ1v) is 14.1. The minimum absolute atomic E-state index is 0.0504. The van der Waals surface area contributed by atoms with E-state index < -0.39 is 28.9 Å². The molecule has 0 spiro atoms. The van der Waals surface area contributed by atoms with Crippen LogP contribution in [0.1, 0.15) is 23.2 Å². The van der Waals surface area contributed by atoms with E-state index in [1.54, 1.807) is 31.4 Å². The van der Waals surface area contributed by atoms with Crippen LogP contribution in [0.4, 0.5) is 20.2 Å². The zero-order valence-electron chi connectivity index (χ0n) is 22.7. The molecule has 3 aromatic carbocycles. The van der Waals surface area contributed by atoms with Gasteiger partial charge in [-0.25, -0.2) is 8.78 Å². The second-order valence-electron chi connectivity index (χ2n) is 10.0. The summed E-state index contributed by atoms with van der Waals surface area (Å²) in [6.07, 6.45) is 2.25. The van der Waals surface area contributed by atoms with Crippen molar-refractivity contribution >= 4 is 50.6 Å². The van der Waals surface area contributed by atoms with Crippen LogP contribution in [0.2, 0.25) is 0 Å². The highest BCUT2D eigenvalue weighted by atomic mass is 32.1. The number of amides is 3. The van der Waals surface area contributed by atoms with Gasteiger partial charge in [0, 0.05) is 47.2 Å². The van der Waals surface area contributed by atoms with Crippen molar-refractivity contribution in [2.24, 2.45) is 5.41 Å². The van der Waals surface area contributed by atoms with E-state index >= 15 is 4.39 Å². The molecule has 0 atom stereocenters. The van der Waals surface area contributed by atoms with Crippen molar-refractivity contribution < 1.29 is 27.9 Å². The van der Waals surface area contributed by atoms with Crippen LogP contribution < -0.4 is 20.7 Å². The number of carbonyl (C=O) groups is 3. The quantitative estimate of drug-likeness (QED) is 0.171. The van der Waals surface area contributed by atoms with Crippen molar-refractivity contribution in [3.8, 4) is 21.9 Å². The summed E-state index contributed by atoms with van der Waals surface area (Å²) in [5, 5.41) is 7.86. The van der Waals surface area contributed by atoms with Gasteiger partial charge in [-0.3, -0.25) is 19.4 Å². The molecule has 11 heteroatoms. The Bertz CT molecular complexity index is 1870. The number of benzene rings is 3. The third-order valence-corrected chi connectivity index (χ3v) is 8.35. The number of carbonyl (C=O) groups excluding carboxylic acids is 3. The fourth-order valence-corrected chi connectivity index (χ4v) is 5.64. The Balaban J connectivity index is 1.16. The second kappa shape index (κ2) is 11.3. The number of nitrogens with zero attached hydrogens (tertiary/aromatic N) is 1. The Kier molecular flexibility index (Phi) is 7.32. The molecule has 6 rings (SSSR count). The zero-order valence-corrected chi connectivity index (χ0v) is 23.6. The van der Waals surface area contributed by atoms with Crippen LogP contribution in [0.15, 0.2) is 85.1 Å². The molecule has 1 saturated carbocycles. The lowest BCUT2D eigenvalue weighted by molar-refractivity contribution is -0.131. The number of thiophene rings is 1. The summed E-state index contributed by atoms with van der Waals surface area (Å²) in [5.74, 6) is -2.01. The number of anilines is 2. The minimum atomic E-state index is -1.28. The number of halogens is 2. The molecule has 1 fully saturated rings. The molecule has 0 radical (unpaired) electrons. The van der Waals surface area contributed by atoms with Crippen LogP contribution in [-0.4, -0.2) is 29.8 Å². The summed E-state index contributed by atoms with van der Waals surface area (Å²) < 4.78 is 35.0. The summed E-state index contributed by atoms with van der Waals surface area (Å²) in [6, 6.07) is 20.0. The lowest BCUT2D eigenvalue weighted by Gasteiger charge is -2.16. The van der Waals surface area contributed by atoms with Gasteiger partial charge in [0.25, 0.3) is 5.91 Å². The molecule has 1 aliphatic carbocycles. The predicted molar refractivity (Wildman–Crippen MR) is 160 cm³/mol. The van der Waals surface area contributed by atoms with Crippen LogP contribution in [0.3, 0.4) is 0 Å². The lowest BCUT2D eigenvalue weighted by atomic mass is 10.0. The molecule has 3 N–H and O–H groups in total. The number of nitrogens with one attached hydrogen (secondary N) is 3. The number of hydrogen-bond donors (Lipinski definition) is 3. The largest absolute Gasteiger partial charge is 0.453 e. The van der Waals surface area contributed by atoms with Crippen LogP contribution in [0.5, 0.6) is 11.5 Å². The molecule has 3 amide bonds. The van der Waals surface area contributed by atoms with Gasteiger partial charge in [0.2, 0.25) is 11.8 Å². The van der Waals surface area contributed by atoms with Gasteiger partial charge in [0.05, 0.1) is 10.2 Å². The van der Waals surface area contributed by atoms with Crippen molar-refractivity contribution in [2.45, 2.75) is 12.8 Å². The Morgan fingerprint density at radius 3 is 2.16 bits per heavy atom. The maximum atomic E-state index is 15.1. The van der Waals surface area contributed by atoms with Crippen molar-refractivity contribution in [3.05, 3.63) is 102 Å². The van der Waals surface area contributed by atoms with E-state index in [0.29, 0.717) is 40.1 Å². The third-order valence-electron chi connectivity index (χ3n) is 7.17. The molecule has 0 saturated heterocycles. The molecule has 8 nitrogen and oxygen atoms in total. The summed E-state index contributed by atoms with van der Waals surface area (Å²) >= 11 is 1.42. The summed E-state index contributed by atoms with van der Waals surface area (Å²) in [5.41, 5.74) is 1.39. The number of rotatable bonds is 8. The van der Waals surface area contributed by atoms with Gasteiger partial charge >= 0.3 is 0 Å². The Morgan fingerprint density at radius 2 is 1.51 bits per heavy atom. The number of aromatic nitrogens is 1. The van der Waals surface area contributed by atoms with Crippen molar-refractivity contribution in [1.82, 2.24) is 10.3 Å². The molecular weight excluding hydrogens is 574 g/mol. The van der Waals surface area contributed by atoms with Gasteiger partial charge in [-0.15, -0.1) is 11.3 Å². The highest BCUT2D eigenvalue weighted by Gasteiger charge is 2.56. The number of fused-ring (bicyclic) bond motifs is 1. The molecule has 216 valence electrons. The first-order chi connectivity index (χ1) is 20.8. The SMILES string of the molecule is CNC(=O)c1ccc(-c2cc3nccc(Oc4ccc(NC(=O)C5(C(=O)Nc6ccc(F)cc6)CC5)cc4F)c3s2)cc1. The van der Waals surface area contributed by atoms with E-state index in [4.69, 9.17) is 4.74 Å². The van der Waals surface area contributed by atoms with Gasteiger partial charge in [0.15, 0.2) is 11.6 Å². The monoisotopic (exact) mass is 598 g/mol. The van der Waals surface area contributed by atoms with Gasteiger partial charge in [-0.05, 0) is 73.0 Å². The van der Waals surface area contributed by atoms with Gasteiger partial charge in [-0.2, -0.15) is 0 Å². The highest BCUT2D eigenvalue weighted by Crippen LogP contribution is 2.48. The average Bonchev–Trinajstić information content (AvgIpc) is 3.72. The fourth-order valence-electron chi connectivity index (χ4n) is 4.56. The predicted octanol–water partition coefficient (Wildman–Crippen LogP) is 6.75. The highest BCUT2D eigenvalue weighted by molar-refractivity contribution is 7.22. The average molecular weight is 599 g/mol. The number of ether oxygens (including phenoxy) is 1. The van der Waals surface area contributed by atoms with Crippen LogP contribution in [-0.2, 0) is 9.59 Å². The standard InChI is InChI=1S/C32H24F2N4O4S/c1-35-29(39)19-4-2-18(3-5-19)27-17-24-28(43-27)26(12-15-36-24)42-25-11-10-22(16-23(25)34)38-31(41)32(13-14-32)30(40)37-21-8-6-20(33)7-9-21/h2-12,15-17H,13-14H2,1H3,(H,35,39)(H,37,40)(H,38,41). The lowest BCUT2D eigenvalue weighted by Crippen LogP contribution is -2.35. The van der Waals surface area contributed by atoms with Gasteiger partial charge in [0.1, 0.15) is 17.0 Å². The van der Waals surface area contributed by atoms with Crippen LogP contribution >= 0.6 is 11.3 Å². The number of pyridine rings is 1. The Morgan fingerprint density at radius 1 is 0.837 bits per heavy atom. The van der Waals surface area contributed by atoms with E-state index in [1.807, 2.05) is 18.2 Å². The minimum Gasteiger partial charge on any atom is -0.453 e. The molecule has 0 unspecified atom stereocenters. The smallest absolute Gasteiger partial charge is 0.251 e. The Labute approximate surface area is 248 Å². The third kappa shape index (κ3) is 5.67. The Hall–Kier alpha value is -5.16. The van der Waals surface area contributed by atoms with E-state index in [2.05, 4.69) is 20.9 Å². The molecule has 0 bridgehead atoms. The van der Waals surface area contributed by atoms with Crippen LogP contribution in [0, 0.1) is 17.0 Å². The molecule has 43 heavy (non-hydrogen) atoms. The van der Waals surface area contributed by atoms with E-state index in [0.717, 1.165) is 16.5 Å². The summed E-state index contributed by atoms with van der Waals surface area (Å²) in [7, 11) is 1.57. The van der Waals surface area contributed by atoms with E-state index in [-0.39, 0.29) is 17.3 Å². The second-order valence-corrected chi connectivity index (χ2v) is 11.1. The first kappa shape index (κ1) is 28.0. The fraction of sp³-hybridized carbons (Fsp3) is 0.125. The van der Waals surface area contributed by atoms with Crippen LogP contribution in [0.25, 0.3) is 20.7 Å². The molecular formula is C32H24F2N4O4S. The van der Waals surface area contributed by atoms with Crippen molar-refractivity contribution in [1.29, 1.82) is 0 Å². The summed E-state index contributed by atoms with van der Waals surface area (Å²) in [4.78, 5) is 43.0. The van der Waals surface area contributed by atoms with Gasteiger partial charge in [-0.1, -0.05) is 12.1 Å². The van der Waals surface area contributed by atoms with Crippen molar-refractivity contribution in [2.75, 3.05) is 17.7 Å².